The molecule has 0 spiro atoms. The summed E-state index contributed by atoms with van der Waals surface area (Å²) in [5.74, 6) is 0.296. The van der Waals surface area contributed by atoms with Crippen molar-refractivity contribution in [2.24, 2.45) is 5.92 Å². The SMILES string of the molecule is C/C1=C/CC/C(C)=C\CC(O)(C(C)C)CC/C(C)=C\CC1. The standard InChI is InChI=1S/C20H34O/c1-16(2)20(21)14-12-18(4)10-6-8-17(3)9-7-11-19(5)13-15-20/h8,11-12,16,21H,6-7,9-10,13-15H2,1-5H3/b17-8-,18-12-,19-11-. The van der Waals surface area contributed by atoms with E-state index in [1.54, 1.807) is 0 Å². The van der Waals surface area contributed by atoms with Crippen molar-refractivity contribution in [2.45, 2.75) is 85.2 Å². The molecule has 0 aliphatic heterocycles. The molecule has 0 bridgehead atoms. The fraction of sp³-hybridized carbons (Fsp3) is 0.700. The zero-order valence-electron chi connectivity index (χ0n) is 14.7. The summed E-state index contributed by atoms with van der Waals surface area (Å²) >= 11 is 0. The second-order valence-corrected chi connectivity index (χ2v) is 7.19. The predicted octanol–water partition coefficient (Wildman–Crippen LogP) is 5.96. The molecule has 1 aliphatic rings. The van der Waals surface area contributed by atoms with E-state index < -0.39 is 5.60 Å². The Hall–Kier alpha value is -0.820. The molecular weight excluding hydrogens is 256 g/mol. The normalized spacial score (nSPS) is 34.1. The quantitative estimate of drug-likeness (QED) is 0.591. The largest absolute Gasteiger partial charge is 0.389 e. The molecule has 0 radical (unpaired) electrons. The number of rotatable bonds is 1. The second kappa shape index (κ2) is 8.58. The fourth-order valence-corrected chi connectivity index (χ4v) is 2.79. The smallest absolute Gasteiger partial charge is 0.0707 e. The van der Waals surface area contributed by atoms with E-state index in [1.165, 1.54) is 16.7 Å². The van der Waals surface area contributed by atoms with Crippen LogP contribution in [0.1, 0.15) is 79.6 Å². The van der Waals surface area contributed by atoms with E-state index in [1.807, 2.05) is 0 Å². The molecule has 0 aromatic heterocycles. The molecule has 0 aromatic rings. The minimum absolute atomic E-state index is 0.296. The van der Waals surface area contributed by atoms with Crippen LogP contribution in [-0.2, 0) is 0 Å². The first-order valence-electron chi connectivity index (χ1n) is 8.53. The van der Waals surface area contributed by atoms with Gasteiger partial charge in [0.15, 0.2) is 0 Å². The number of hydrogen-bond donors (Lipinski definition) is 1. The summed E-state index contributed by atoms with van der Waals surface area (Å²) in [5, 5.41) is 11.0. The second-order valence-electron chi connectivity index (χ2n) is 7.19. The Labute approximate surface area is 131 Å². The first kappa shape index (κ1) is 18.2. The molecule has 21 heavy (non-hydrogen) atoms. The summed E-state index contributed by atoms with van der Waals surface area (Å²) < 4.78 is 0. The van der Waals surface area contributed by atoms with Crippen molar-refractivity contribution in [1.82, 2.24) is 0 Å². The molecule has 1 heteroatoms. The molecule has 0 heterocycles. The van der Waals surface area contributed by atoms with Gasteiger partial charge in [-0.2, -0.15) is 0 Å². The van der Waals surface area contributed by atoms with Gasteiger partial charge in [0.05, 0.1) is 5.60 Å². The molecule has 1 aliphatic carbocycles. The summed E-state index contributed by atoms with van der Waals surface area (Å²) in [6.45, 7) is 10.9. The van der Waals surface area contributed by atoms with Crippen molar-refractivity contribution in [3.8, 4) is 0 Å². The molecule has 0 saturated carbocycles. The van der Waals surface area contributed by atoms with Crippen molar-refractivity contribution in [2.75, 3.05) is 0 Å². The van der Waals surface area contributed by atoms with Gasteiger partial charge in [0.1, 0.15) is 0 Å². The molecular formula is C20H34O. The molecule has 1 nitrogen and oxygen atoms in total. The van der Waals surface area contributed by atoms with E-state index in [0.29, 0.717) is 5.92 Å². The first-order valence-corrected chi connectivity index (χ1v) is 8.53. The zero-order valence-corrected chi connectivity index (χ0v) is 14.7. The third-order valence-electron chi connectivity index (χ3n) is 4.89. The Bertz CT molecular complexity index is 412. The molecule has 1 atom stereocenters. The van der Waals surface area contributed by atoms with Gasteiger partial charge in [-0.05, 0) is 71.6 Å². The monoisotopic (exact) mass is 290 g/mol. The van der Waals surface area contributed by atoms with E-state index in [0.717, 1.165) is 44.9 Å². The Morgan fingerprint density at radius 1 is 0.857 bits per heavy atom. The average molecular weight is 290 g/mol. The summed E-state index contributed by atoms with van der Waals surface area (Å²) in [5.41, 5.74) is 3.76. The van der Waals surface area contributed by atoms with Crippen LogP contribution in [0.5, 0.6) is 0 Å². The highest BCUT2D eigenvalue weighted by Crippen LogP contribution is 2.30. The Balaban J connectivity index is 2.88. The van der Waals surface area contributed by atoms with Crippen LogP contribution in [0.25, 0.3) is 0 Å². The lowest BCUT2D eigenvalue weighted by atomic mass is 9.81. The molecule has 0 aromatic carbocycles. The van der Waals surface area contributed by atoms with E-state index >= 15 is 0 Å². The van der Waals surface area contributed by atoms with Crippen LogP contribution in [0.3, 0.4) is 0 Å². The van der Waals surface area contributed by atoms with Crippen molar-refractivity contribution >= 4 is 0 Å². The van der Waals surface area contributed by atoms with Crippen molar-refractivity contribution < 1.29 is 5.11 Å². The first-order chi connectivity index (χ1) is 9.83. The predicted molar refractivity (Wildman–Crippen MR) is 93.4 cm³/mol. The molecule has 120 valence electrons. The molecule has 1 N–H and O–H groups in total. The van der Waals surface area contributed by atoms with E-state index in [-0.39, 0.29) is 0 Å². The summed E-state index contributed by atoms with van der Waals surface area (Å²) in [7, 11) is 0. The lowest BCUT2D eigenvalue weighted by molar-refractivity contribution is -0.0101. The van der Waals surface area contributed by atoms with Crippen LogP contribution in [-0.4, -0.2) is 10.7 Å². The Morgan fingerprint density at radius 2 is 1.33 bits per heavy atom. The van der Waals surface area contributed by atoms with Gasteiger partial charge in [0.2, 0.25) is 0 Å². The Kier molecular flexibility index (Phi) is 7.45. The van der Waals surface area contributed by atoms with Gasteiger partial charge in [-0.1, -0.05) is 48.8 Å². The van der Waals surface area contributed by atoms with Gasteiger partial charge >= 0.3 is 0 Å². The topological polar surface area (TPSA) is 20.2 Å². The molecule has 1 rings (SSSR count). The maximum atomic E-state index is 11.0. The third-order valence-corrected chi connectivity index (χ3v) is 4.89. The van der Waals surface area contributed by atoms with Gasteiger partial charge in [-0.25, -0.2) is 0 Å². The molecule has 0 saturated heterocycles. The van der Waals surface area contributed by atoms with Crippen LogP contribution in [0.2, 0.25) is 0 Å². The molecule has 0 amide bonds. The maximum Gasteiger partial charge on any atom is 0.0707 e. The van der Waals surface area contributed by atoms with E-state index in [4.69, 9.17) is 0 Å². The van der Waals surface area contributed by atoms with E-state index in [9.17, 15) is 5.11 Å². The lowest BCUT2D eigenvalue weighted by Gasteiger charge is -2.32. The van der Waals surface area contributed by atoms with Gasteiger partial charge in [-0.15, -0.1) is 0 Å². The van der Waals surface area contributed by atoms with Gasteiger partial charge < -0.3 is 5.11 Å². The highest BCUT2D eigenvalue weighted by Gasteiger charge is 2.29. The van der Waals surface area contributed by atoms with Crippen LogP contribution < -0.4 is 0 Å². The van der Waals surface area contributed by atoms with Gasteiger partial charge in [0.25, 0.3) is 0 Å². The fourth-order valence-electron chi connectivity index (χ4n) is 2.79. The highest BCUT2D eigenvalue weighted by molar-refractivity contribution is 5.09. The van der Waals surface area contributed by atoms with Crippen molar-refractivity contribution in [1.29, 1.82) is 0 Å². The van der Waals surface area contributed by atoms with Crippen molar-refractivity contribution in [3.05, 3.63) is 34.9 Å². The van der Waals surface area contributed by atoms with Gasteiger partial charge in [-0.3, -0.25) is 0 Å². The number of hydrogen-bond acceptors (Lipinski definition) is 1. The number of allylic oxidation sites excluding steroid dienone is 5. The van der Waals surface area contributed by atoms with Crippen LogP contribution in [0, 0.1) is 5.92 Å². The zero-order chi connectivity index (χ0) is 15.9. The summed E-state index contributed by atoms with van der Waals surface area (Å²) in [6, 6.07) is 0. The third kappa shape index (κ3) is 6.65. The lowest BCUT2D eigenvalue weighted by Crippen LogP contribution is -2.34. The van der Waals surface area contributed by atoms with Crippen LogP contribution in [0.4, 0.5) is 0 Å². The van der Waals surface area contributed by atoms with Gasteiger partial charge in [0, 0.05) is 0 Å². The van der Waals surface area contributed by atoms with Crippen LogP contribution >= 0.6 is 0 Å². The molecule has 0 fully saturated rings. The van der Waals surface area contributed by atoms with Crippen LogP contribution in [0.15, 0.2) is 34.9 Å². The maximum absolute atomic E-state index is 11.0. The Morgan fingerprint density at radius 3 is 1.86 bits per heavy atom. The minimum Gasteiger partial charge on any atom is -0.389 e. The minimum atomic E-state index is -0.563. The molecule has 1 unspecified atom stereocenters. The summed E-state index contributed by atoms with van der Waals surface area (Å²) in [4.78, 5) is 0. The summed E-state index contributed by atoms with van der Waals surface area (Å²) in [6.07, 6.45) is 14.2. The van der Waals surface area contributed by atoms with Crippen molar-refractivity contribution in [3.63, 3.8) is 0 Å². The van der Waals surface area contributed by atoms with E-state index in [2.05, 4.69) is 52.8 Å². The highest BCUT2D eigenvalue weighted by atomic mass is 16.3. The average Bonchev–Trinajstić information content (AvgIpc) is 2.42. The number of aliphatic hydroxyl groups is 1.